The van der Waals surface area contributed by atoms with E-state index in [2.05, 4.69) is 14.7 Å². The SMILES string of the molecule is COc1ncc(Cl)cc1S(=O)(=O)Nc1cnc2c(c1)CN(C(=O)O)[C@H](C)CO2. The zero-order valence-electron chi connectivity index (χ0n) is 14.9. The Hall–Kier alpha value is -2.79. The third kappa shape index (κ3) is 4.04. The van der Waals surface area contributed by atoms with E-state index in [0.717, 1.165) is 0 Å². The molecule has 1 amide bonds. The van der Waals surface area contributed by atoms with Crippen LogP contribution in [0, 0.1) is 0 Å². The van der Waals surface area contributed by atoms with E-state index in [0.29, 0.717) is 5.56 Å². The molecule has 0 aromatic carbocycles. The van der Waals surface area contributed by atoms with Crippen LogP contribution in [-0.4, -0.2) is 54.2 Å². The van der Waals surface area contributed by atoms with Gasteiger partial charge in [-0.05, 0) is 19.1 Å². The number of hydrogen-bond donors (Lipinski definition) is 2. The van der Waals surface area contributed by atoms with Crippen molar-refractivity contribution in [2.24, 2.45) is 0 Å². The van der Waals surface area contributed by atoms with Gasteiger partial charge in [-0.2, -0.15) is 0 Å². The minimum absolute atomic E-state index is 0.0104. The van der Waals surface area contributed by atoms with E-state index < -0.39 is 16.1 Å². The molecule has 1 aliphatic rings. The van der Waals surface area contributed by atoms with Gasteiger partial charge in [0.15, 0.2) is 4.90 Å². The fourth-order valence-corrected chi connectivity index (χ4v) is 4.05. The number of ether oxygens (including phenoxy) is 2. The number of aromatic nitrogens is 2. The van der Waals surface area contributed by atoms with Crippen molar-refractivity contribution in [1.82, 2.24) is 14.9 Å². The Kier molecular flexibility index (Phi) is 5.47. The highest BCUT2D eigenvalue weighted by Gasteiger charge is 2.27. The van der Waals surface area contributed by atoms with Gasteiger partial charge in [-0.3, -0.25) is 9.62 Å². The Morgan fingerprint density at radius 3 is 2.82 bits per heavy atom. The van der Waals surface area contributed by atoms with Gasteiger partial charge in [0.25, 0.3) is 10.0 Å². The summed E-state index contributed by atoms with van der Waals surface area (Å²) in [4.78, 5) is 20.3. The molecule has 150 valence electrons. The zero-order chi connectivity index (χ0) is 20.5. The van der Waals surface area contributed by atoms with Gasteiger partial charge in [0, 0.05) is 11.8 Å². The van der Waals surface area contributed by atoms with E-state index in [1.165, 1.54) is 36.5 Å². The average Bonchev–Trinajstić information content (AvgIpc) is 2.80. The fourth-order valence-electron chi connectivity index (χ4n) is 2.65. The van der Waals surface area contributed by atoms with Gasteiger partial charge < -0.3 is 14.6 Å². The maximum atomic E-state index is 12.7. The van der Waals surface area contributed by atoms with Crippen LogP contribution in [0.1, 0.15) is 12.5 Å². The number of pyridine rings is 2. The molecule has 2 N–H and O–H groups in total. The highest BCUT2D eigenvalue weighted by molar-refractivity contribution is 7.92. The second-order valence-electron chi connectivity index (χ2n) is 6.03. The Bertz CT molecular complexity index is 1020. The first-order valence-electron chi connectivity index (χ1n) is 8.05. The van der Waals surface area contributed by atoms with Crippen LogP contribution in [0.2, 0.25) is 5.02 Å². The van der Waals surface area contributed by atoms with Crippen molar-refractivity contribution in [3.05, 3.63) is 35.1 Å². The second-order valence-corrected chi connectivity index (χ2v) is 8.11. The molecule has 0 aliphatic carbocycles. The van der Waals surface area contributed by atoms with Gasteiger partial charge in [-0.15, -0.1) is 0 Å². The topological polar surface area (TPSA) is 131 Å². The number of nitrogens with zero attached hydrogens (tertiary/aromatic N) is 3. The van der Waals surface area contributed by atoms with Gasteiger partial charge >= 0.3 is 6.09 Å². The Morgan fingerprint density at radius 2 is 2.14 bits per heavy atom. The Morgan fingerprint density at radius 1 is 1.39 bits per heavy atom. The van der Waals surface area contributed by atoms with E-state index in [1.54, 1.807) is 6.92 Å². The van der Waals surface area contributed by atoms with E-state index >= 15 is 0 Å². The lowest BCUT2D eigenvalue weighted by molar-refractivity contribution is 0.113. The largest absolute Gasteiger partial charge is 0.480 e. The molecule has 1 aliphatic heterocycles. The van der Waals surface area contributed by atoms with E-state index in [4.69, 9.17) is 21.1 Å². The summed E-state index contributed by atoms with van der Waals surface area (Å²) in [6.07, 6.45) is 1.44. The number of fused-ring (bicyclic) bond motifs is 1. The monoisotopic (exact) mass is 428 g/mol. The number of carbonyl (C=O) groups is 1. The summed E-state index contributed by atoms with van der Waals surface area (Å²) < 4.78 is 38.4. The molecule has 0 bridgehead atoms. The number of nitrogens with one attached hydrogen (secondary N) is 1. The van der Waals surface area contributed by atoms with Gasteiger partial charge in [0.2, 0.25) is 11.8 Å². The molecule has 0 unspecified atom stereocenters. The molecule has 28 heavy (non-hydrogen) atoms. The van der Waals surface area contributed by atoms with Gasteiger partial charge in [-0.25, -0.2) is 23.2 Å². The zero-order valence-corrected chi connectivity index (χ0v) is 16.5. The summed E-state index contributed by atoms with van der Waals surface area (Å²) in [5, 5.41) is 9.48. The number of methoxy groups -OCH3 is 1. The average molecular weight is 429 g/mol. The second kappa shape index (κ2) is 7.68. The van der Waals surface area contributed by atoms with Crippen molar-refractivity contribution >= 4 is 33.4 Å². The molecule has 0 radical (unpaired) electrons. The maximum Gasteiger partial charge on any atom is 0.407 e. The Labute approximate surface area is 166 Å². The van der Waals surface area contributed by atoms with Crippen LogP contribution in [0.5, 0.6) is 11.8 Å². The first kappa shape index (κ1) is 20.0. The highest BCUT2D eigenvalue weighted by Crippen LogP contribution is 2.29. The molecule has 2 aromatic rings. The lowest BCUT2D eigenvalue weighted by Gasteiger charge is -2.22. The van der Waals surface area contributed by atoms with Crippen molar-refractivity contribution in [3.8, 4) is 11.8 Å². The van der Waals surface area contributed by atoms with Crippen molar-refractivity contribution in [3.63, 3.8) is 0 Å². The number of anilines is 1. The first-order valence-corrected chi connectivity index (χ1v) is 9.91. The minimum atomic E-state index is -4.09. The molecule has 12 heteroatoms. The van der Waals surface area contributed by atoms with Crippen LogP contribution >= 0.6 is 11.6 Å². The van der Waals surface area contributed by atoms with Crippen LogP contribution in [0.25, 0.3) is 0 Å². The van der Waals surface area contributed by atoms with E-state index in [9.17, 15) is 18.3 Å². The van der Waals surface area contributed by atoms with E-state index in [-0.39, 0.29) is 46.6 Å². The number of halogens is 1. The molecule has 2 aromatic heterocycles. The molecule has 10 nitrogen and oxygen atoms in total. The third-order valence-corrected chi connectivity index (χ3v) is 5.61. The third-order valence-electron chi connectivity index (χ3n) is 4.03. The Balaban J connectivity index is 1.93. The smallest absolute Gasteiger partial charge is 0.407 e. The summed E-state index contributed by atoms with van der Waals surface area (Å²) in [5.41, 5.74) is 0.562. The molecule has 0 saturated heterocycles. The summed E-state index contributed by atoms with van der Waals surface area (Å²) in [6, 6.07) is 2.30. The van der Waals surface area contributed by atoms with Gasteiger partial charge in [-0.1, -0.05) is 11.6 Å². The lowest BCUT2D eigenvalue weighted by atomic mass is 10.2. The molecule has 0 fully saturated rings. The van der Waals surface area contributed by atoms with Crippen LogP contribution in [-0.2, 0) is 16.6 Å². The summed E-state index contributed by atoms with van der Waals surface area (Å²) in [5.74, 6) is 0.134. The van der Waals surface area contributed by atoms with Crippen molar-refractivity contribution in [2.75, 3.05) is 18.4 Å². The van der Waals surface area contributed by atoms with Gasteiger partial charge in [0.1, 0.15) is 6.61 Å². The summed E-state index contributed by atoms with van der Waals surface area (Å²) in [7, 11) is -2.80. The molecule has 0 spiro atoms. The number of carboxylic acid groups (broad SMARTS) is 1. The van der Waals surface area contributed by atoms with E-state index in [1.807, 2.05) is 0 Å². The molecular formula is C16H17ClN4O6S. The van der Waals surface area contributed by atoms with Gasteiger partial charge in [0.05, 0.1) is 36.6 Å². The number of hydrogen-bond acceptors (Lipinski definition) is 7. The molecular weight excluding hydrogens is 412 g/mol. The highest BCUT2D eigenvalue weighted by atomic mass is 35.5. The van der Waals surface area contributed by atoms with Crippen molar-refractivity contribution < 1.29 is 27.8 Å². The van der Waals surface area contributed by atoms with Crippen LogP contribution in [0.4, 0.5) is 10.5 Å². The van der Waals surface area contributed by atoms with Crippen LogP contribution < -0.4 is 14.2 Å². The molecule has 1 atom stereocenters. The predicted molar refractivity (Wildman–Crippen MR) is 99.4 cm³/mol. The maximum absolute atomic E-state index is 12.7. The fraction of sp³-hybridized carbons (Fsp3) is 0.312. The molecule has 0 saturated carbocycles. The standard InChI is InChI=1S/C16H17ClN4O6S/c1-9-8-27-14-10(7-21(9)16(22)23)3-12(6-19-14)20-28(24,25)13-4-11(17)5-18-15(13)26-2/h3-6,9,20H,7-8H2,1-2H3,(H,22,23)/t9-/m1/s1. The number of rotatable bonds is 4. The first-order chi connectivity index (χ1) is 13.2. The lowest BCUT2D eigenvalue weighted by Crippen LogP contribution is -2.38. The van der Waals surface area contributed by atoms with Crippen molar-refractivity contribution in [2.45, 2.75) is 24.4 Å². The summed E-state index contributed by atoms with van der Waals surface area (Å²) in [6.45, 7) is 1.86. The van der Waals surface area contributed by atoms with Crippen LogP contribution in [0.15, 0.2) is 29.4 Å². The summed E-state index contributed by atoms with van der Waals surface area (Å²) >= 11 is 5.85. The quantitative estimate of drug-likeness (QED) is 0.757. The van der Waals surface area contributed by atoms with Crippen LogP contribution in [0.3, 0.4) is 0 Å². The normalized spacial score (nSPS) is 16.5. The van der Waals surface area contributed by atoms with Crippen molar-refractivity contribution in [1.29, 1.82) is 0 Å². The number of sulfonamides is 1. The minimum Gasteiger partial charge on any atom is -0.480 e. The number of amides is 1. The predicted octanol–water partition coefficient (Wildman–Crippen LogP) is 2.20. The molecule has 3 heterocycles. The molecule has 3 rings (SSSR count).